The van der Waals surface area contributed by atoms with E-state index in [9.17, 15) is 9.18 Å². The van der Waals surface area contributed by atoms with Crippen molar-refractivity contribution in [2.45, 2.75) is 18.8 Å². The average Bonchev–Trinajstić information content (AvgIpc) is 2.81. The highest BCUT2D eigenvalue weighted by molar-refractivity contribution is 5.79. The standard InChI is InChI=1S/C13H13FN2O2/c14-10-1-2-11-12(7-10)18-15-13(11)9-3-5-16(8-17)6-4-9/h1-2,7-9H,3-6H2. The van der Waals surface area contributed by atoms with Crippen molar-refractivity contribution in [3.63, 3.8) is 0 Å². The second kappa shape index (κ2) is 4.40. The highest BCUT2D eigenvalue weighted by Gasteiger charge is 2.24. The van der Waals surface area contributed by atoms with Gasteiger partial charge in [0.1, 0.15) is 5.82 Å². The number of piperidine rings is 1. The number of carbonyl (C=O) groups excluding carboxylic acids is 1. The third-order valence-corrected chi connectivity index (χ3v) is 3.53. The molecule has 0 atom stereocenters. The number of hydrogen-bond donors (Lipinski definition) is 0. The quantitative estimate of drug-likeness (QED) is 0.766. The summed E-state index contributed by atoms with van der Waals surface area (Å²) in [6.07, 6.45) is 2.63. The molecule has 1 fully saturated rings. The number of rotatable bonds is 2. The zero-order chi connectivity index (χ0) is 12.5. The molecule has 18 heavy (non-hydrogen) atoms. The highest BCUT2D eigenvalue weighted by Crippen LogP contribution is 2.32. The summed E-state index contributed by atoms with van der Waals surface area (Å²) in [6.45, 7) is 1.48. The number of aromatic nitrogens is 1. The van der Waals surface area contributed by atoms with Gasteiger partial charge < -0.3 is 9.42 Å². The predicted octanol–water partition coefficient (Wildman–Crippen LogP) is 2.30. The van der Waals surface area contributed by atoms with Crippen LogP contribution in [0, 0.1) is 5.82 Å². The minimum Gasteiger partial charge on any atom is -0.356 e. The predicted molar refractivity (Wildman–Crippen MR) is 63.6 cm³/mol. The molecule has 1 amide bonds. The van der Waals surface area contributed by atoms with Crippen molar-refractivity contribution in [2.24, 2.45) is 0 Å². The Labute approximate surface area is 103 Å². The first-order valence-corrected chi connectivity index (χ1v) is 6.02. The van der Waals surface area contributed by atoms with E-state index < -0.39 is 0 Å². The van der Waals surface area contributed by atoms with Crippen molar-refractivity contribution in [3.8, 4) is 0 Å². The van der Waals surface area contributed by atoms with Gasteiger partial charge >= 0.3 is 0 Å². The van der Waals surface area contributed by atoms with Crippen molar-refractivity contribution in [1.29, 1.82) is 0 Å². The lowest BCUT2D eigenvalue weighted by atomic mass is 9.92. The first-order valence-electron chi connectivity index (χ1n) is 6.02. The van der Waals surface area contributed by atoms with E-state index in [-0.39, 0.29) is 11.7 Å². The molecule has 2 aromatic rings. The first-order chi connectivity index (χ1) is 8.78. The molecule has 0 N–H and O–H groups in total. The van der Waals surface area contributed by atoms with Gasteiger partial charge in [0, 0.05) is 30.5 Å². The van der Waals surface area contributed by atoms with Crippen LogP contribution in [-0.4, -0.2) is 29.6 Å². The zero-order valence-corrected chi connectivity index (χ0v) is 9.80. The molecule has 2 heterocycles. The molecular formula is C13H13FN2O2. The van der Waals surface area contributed by atoms with Crippen LogP contribution in [0.3, 0.4) is 0 Å². The number of amides is 1. The van der Waals surface area contributed by atoms with Crippen molar-refractivity contribution in [2.75, 3.05) is 13.1 Å². The van der Waals surface area contributed by atoms with Gasteiger partial charge in [-0.05, 0) is 25.0 Å². The normalized spacial score (nSPS) is 17.3. The molecule has 0 spiro atoms. The summed E-state index contributed by atoms with van der Waals surface area (Å²) in [7, 11) is 0. The number of likely N-dealkylation sites (tertiary alicyclic amines) is 1. The van der Waals surface area contributed by atoms with Gasteiger partial charge in [-0.3, -0.25) is 4.79 Å². The Kier molecular flexibility index (Phi) is 2.74. The lowest BCUT2D eigenvalue weighted by Gasteiger charge is -2.27. The van der Waals surface area contributed by atoms with E-state index in [4.69, 9.17) is 4.52 Å². The van der Waals surface area contributed by atoms with E-state index in [1.807, 2.05) is 0 Å². The number of halogens is 1. The van der Waals surface area contributed by atoms with Gasteiger partial charge in [0.2, 0.25) is 6.41 Å². The molecule has 1 saturated heterocycles. The average molecular weight is 248 g/mol. The van der Waals surface area contributed by atoms with Gasteiger partial charge in [0.05, 0.1) is 5.69 Å². The Morgan fingerprint density at radius 2 is 2.17 bits per heavy atom. The van der Waals surface area contributed by atoms with Crippen molar-refractivity contribution in [1.82, 2.24) is 10.1 Å². The lowest BCUT2D eigenvalue weighted by Crippen LogP contribution is -2.31. The molecule has 0 aliphatic carbocycles. The van der Waals surface area contributed by atoms with Crippen LogP contribution in [0.15, 0.2) is 22.7 Å². The molecule has 4 nitrogen and oxygen atoms in total. The number of benzene rings is 1. The van der Waals surface area contributed by atoms with Crippen LogP contribution in [0.1, 0.15) is 24.5 Å². The summed E-state index contributed by atoms with van der Waals surface area (Å²) in [6, 6.07) is 4.48. The molecule has 1 aliphatic heterocycles. The Morgan fingerprint density at radius 1 is 1.39 bits per heavy atom. The summed E-state index contributed by atoms with van der Waals surface area (Å²) in [5.41, 5.74) is 1.37. The first kappa shape index (κ1) is 11.2. The van der Waals surface area contributed by atoms with E-state index in [0.717, 1.165) is 43.4 Å². The Morgan fingerprint density at radius 3 is 2.89 bits per heavy atom. The fourth-order valence-electron chi connectivity index (χ4n) is 2.50. The lowest BCUT2D eigenvalue weighted by molar-refractivity contribution is -0.119. The molecule has 3 rings (SSSR count). The van der Waals surface area contributed by atoms with Crippen LogP contribution in [0.4, 0.5) is 4.39 Å². The second-order valence-electron chi connectivity index (χ2n) is 4.62. The van der Waals surface area contributed by atoms with Gasteiger partial charge in [-0.15, -0.1) is 0 Å². The van der Waals surface area contributed by atoms with Gasteiger partial charge in [-0.25, -0.2) is 4.39 Å². The maximum atomic E-state index is 13.1. The number of carbonyl (C=O) groups is 1. The molecule has 0 bridgehead atoms. The molecule has 1 aliphatic rings. The monoisotopic (exact) mass is 248 g/mol. The van der Waals surface area contributed by atoms with Crippen LogP contribution >= 0.6 is 0 Å². The second-order valence-corrected chi connectivity index (χ2v) is 4.62. The fraction of sp³-hybridized carbons (Fsp3) is 0.385. The van der Waals surface area contributed by atoms with Crippen LogP contribution in [-0.2, 0) is 4.79 Å². The van der Waals surface area contributed by atoms with Gasteiger partial charge in [-0.1, -0.05) is 5.16 Å². The van der Waals surface area contributed by atoms with Crippen LogP contribution in [0.2, 0.25) is 0 Å². The highest BCUT2D eigenvalue weighted by atomic mass is 19.1. The smallest absolute Gasteiger partial charge is 0.209 e. The molecule has 0 unspecified atom stereocenters. The molecule has 0 radical (unpaired) electrons. The largest absolute Gasteiger partial charge is 0.356 e. The van der Waals surface area contributed by atoms with Crippen molar-refractivity contribution in [3.05, 3.63) is 29.7 Å². The maximum Gasteiger partial charge on any atom is 0.209 e. The number of hydrogen-bond acceptors (Lipinski definition) is 3. The van der Waals surface area contributed by atoms with E-state index in [2.05, 4.69) is 5.16 Å². The SMILES string of the molecule is O=CN1CCC(c2noc3cc(F)ccc23)CC1. The maximum absolute atomic E-state index is 13.1. The van der Waals surface area contributed by atoms with Gasteiger partial charge in [0.25, 0.3) is 0 Å². The van der Waals surface area contributed by atoms with Gasteiger partial charge in [-0.2, -0.15) is 0 Å². The minimum atomic E-state index is -0.319. The summed E-state index contributed by atoms with van der Waals surface area (Å²) in [5.74, 6) is -0.0334. The van der Waals surface area contributed by atoms with E-state index >= 15 is 0 Å². The third-order valence-electron chi connectivity index (χ3n) is 3.53. The number of fused-ring (bicyclic) bond motifs is 1. The van der Waals surface area contributed by atoms with E-state index in [1.54, 1.807) is 11.0 Å². The Hall–Kier alpha value is -1.91. The summed E-state index contributed by atoms with van der Waals surface area (Å²) < 4.78 is 18.2. The Bertz CT molecular complexity index is 573. The summed E-state index contributed by atoms with van der Waals surface area (Å²) in [4.78, 5) is 12.4. The van der Waals surface area contributed by atoms with Crippen LogP contribution in [0.25, 0.3) is 11.0 Å². The van der Waals surface area contributed by atoms with Crippen LogP contribution < -0.4 is 0 Å². The molecule has 0 saturated carbocycles. The molecule has 1 aromatic heterocycles. The fourth-order valence-corrected chi connectivity index (χ4v) is 2.50. The van der Waals surface area contributed by atoms with E-state index in [0.29, 0.717) is 5.58 Å². The zero-order valence-electron chi connectivity index (χ0n) is 9.80. The van der Waals surface area contributed by atoms with Crippen LogP contribution in [0.5, 0.6) is 0 Å². The molecule has 1 aromatic carbocycles. The topological polar surface area (TPSA) is 46.3 Å². The van der Waals surface area contributed by atoms with Crippen molar-refractivity contribution >= 4 is 17.4 Å². The summed E-state index contributed by atoms with van der Waals surface area (Å²) in [5, 5.41) is 4.94. The Balaban J connectivity index is 1.89. The summed E-state index contributed by atoms with van der Waals surface area (Å²) >= 11 is 0. The van der Waals surface area contributed by atoms with Gasteiger partial charge in [0.15, 0.2) is 5.58 Å². The molecule has 94 valence electrons. The number of nitrogens with zero attached hydrogens (tertiary/aromatic N) is 2. The third kappa shape index (κ3) is 1.85. The molecule has 5 heteroatoms. The van der Waals surface area contributed by atoms with Crippen molar-refractivity contribution < 1.29 is 13.7 Å². The minimum absolute atomic E-state index is 0.285. The van der Waals surface area contributed by atoms with E-state index in [1.165, 1.54) is 12.1 Å². The molecular weight excluding hydrogens is 235 g/mol.